The summed E-state index contributed by atoms with van der Waals surface area (Å²) in [4.78, 5) is 14.8. The van der Waals surface area contributed by atoms with Crippen LogP contribution in [-0.4, -0.2) is 57.3 Å². The Morgan fingerprint density at radius 3 is 2.59 bits per heavy atom. The number of hydrogen-bond donors (Lipinski definition) is 1. The van der Waals surface area contributed by atoms with Gasteiger partial charge in [-0.2, -0.15) is 0 Å². The van der Waals surface area contributed by atoms with E-state index in [0.29, 0.717) is 25.1 Å². The normalized spacial score (nSPS) is 23.6. The van der Waals surface area contributed by atoms with Gasteiger partial charge >= 0.3 is 0 Å². The zero-order valence-corrected chi connectivity index (χ0v) is 18.6. The van der Waals surface area contributed by atoms with Crippen LogP contribution in [-0.2, 0) is 19.6 Å². The maximum Gasteiger partial charge on any atom is 0.226 e. The van der Waals surface area contributed by atoms with Gasteiger partial charge in [0.2, 0.25) is 15.9 Å². The van der Waals surface area contributed by atoms with Crippen molar-refractivity contribution in [1.29, 1.82) is 0 Å². The van der Waals surface area contributed by atoms with Crippen molar-refractivity contribution in [2.24, 2.45) is 5.92 Å². The van der Waals surface area contributed by atoms with E-state index >= 15 is 0 Å². The molecule has 2 aromatic carbocycles. The van der Waals surface area contributed by atoms with Gasteiger partial charge in [0.1, 0.15) is 11.6 Å². The number of benzene rings is 2. The number of nitrogens with zero attached hydrogens (tertiary/aromatic N) is 1. The van der Waals surface area contributed by atoms with Crippen LogP contribution in [0.4, 0.5) is 8.78 Å². The number of nitrogens with one attached hydrogen (secondary N) is 1. The van der Waals surface area contributed by atoms with Crippen molar-refractivity contribution >= 4 is 15.9 Å². The number of carbonyl (C=O) groups excluding carboxylic acids is 1. The third-order valence-electron chi connectivity index (χ3n) is 6.00. The van der Waals surface area contributed by atoms with Gasteiger partial charge in [-0.15, -0.1) is 0 Å². The fraction of sp³-hybridized carbons (Fsp3) is 0.435. The van der Waals surface area contributed by atoms with Crippen molar-refractivity contribution in [3.05, 3.63) is 59.7 Å². The molecule has 0 radical (unpaired) electrons. The average molecular weight is 465 g/mol. The highest BCUT2D eigenvalue weighted by Crippen LogP contribution is 2.51. The summed E-state index contributed by atoms with van der Waals surface area (Å²) in [6, 6.07) is 10.3. The monoisotopic (exact) mass is 464 g/mol. The first-order chi connectivity index (χ1) is 15.3. The number of sulfonamides is 1. The van der Waals surface area contributed by atoms with E-state index in [-0.39, 0.29) is 42.2 Å². The van der Waals surface area contributed by atoms with Crippen LogP contribution in [0.5, 0.6) is 0 Å². The Morgan fingerprint density at radius 1 is 1.16 bits per heavy atom. The molecule has 1 N–H and O–H groups in total. The number of amides is 1. The molecular formula is C23H26F2N2O4S. The molecule has 0 aromatic heterocycles. The Labute approximate surface area is 186 Å². The van der Waals surface area contributed by atoms with E-state index in [1.165, 1.54) is 18.2 Å². The molecule has 3 atom stereocenters. The van der Waals surface area contributed by atoms with Gasteiger partial charge in [0.05, 0.1) is 30.6 Å². The highest BCUT2D eigenvalue weighted by Gasteiger charge is 2.47. The van der Waals surface area contributed by atoms with Gasteiger partial charge < -0.3 is 9.64 Å². The minimum absolute atomic E-state index is 0.0501. The summed E-state index contributed by atoms with van der Waals surface area (Å²) >= 11 is 0. The molecule has 1 saturated heterocycles. The predicted molar refractivity (Wildman–Crippen MR) is 116 cm³/mol. The first-order valence-electron chi connectivity index (χ1n) is 10.7. The molecule has 1 aliphatic heterocycles. The average Bonchev–Trinajstić information content (AvgIpc) is 3.58. The lowest BCUT2D eigenvalue weighted by molar-refractivity contribution is -0.132. The SMILES string of the molecule is CCS(=O)(=O)N[C@@H]1COCCN(C(=O)[C@@H]2C[C@H]2c2ccccc2-c2c(F)cccc2F)C1. The second kappa shape index (κ2) is 9.25. The topological polar surface area (TPSA) is 75.7 Å². The van der Waals surface area contributed by atoms with E-state index < -0.39 is 27.7 Å². The second-order valence-electron chi connectivity index (χ2n) is 8.21. The Hall–Kier alpha value is -2.36. The quantitative estimate of drug-likeness (QED) is 0.713. The molecule has 1 aliphatic carbocycles. The van der Waals surface area contributed by atoms with Crippen molar-refractivity contribution < 1.29 is 26.7 Å². The maximum absolute atomic E-state index is 14.4. The van der Waals surface area contributed by atoms with Crippen LogP contribution < -0.4 is 4.72 Å². The number of rotatable bonds is 6. The van der Waals surface area contributed by atoms with Crippen molar-refractivity contribution in [3.8, 4) is 11.1 Å². The molecule has 9 heteroatoms. The highest BCUT2D eigenvalue weighted by molar-refractivity contribution is 7.89. The number of halogens is 2. The molecule has 4 rings (SSSR count). The molecule has 0 bridgehead atoms. The van der Waals surface area contributed by atoms with E-state index in [1.807, 2.05) is 6.07 Å². The van der Waals surface area contributed by atoms with Gasteiger partial charge in [-0.3, -0.25) is 4.79 Å². The van der Waals surface area contributed by atoms with Crippen LogP contribution in [0.1, 0.15) is 24.8 Å². The lowest BCUT2D eigenvalue weighted by atomic mass is 9.95. The zero-order valence-electron chi connectivity index (χ0n) is 17.8. The molecule has 2 aliphatic rings. The van der Waals surface area contributed by atoms with E-state index in [1.54, 1.807) is 30.0 Å². The highest BCUT2D eigenvalue weighted by atomic mass is 32.2. The van der Waals surface area contributed by atoms with Crippen molar-refractivity contribution in [1.82, 2.24) is 9.62 Å². The van der Waals surface area contributed by atoms with Crippen molar-refractivity contribution in [2.75, 3.05) is 32.1 Å². The van der Waals surface area contributed by atoms with Gasteiger partial charge in [0, 0.05) is 19.0 Å². The smallest absolute Gasteiger partial charge is 0.226 e. The van der Waals surface area contributed by atoms with Crippen molar-refractivity contribution in [2.45, 2.75) is 25.3 Å². The third-order valence-corrected chi connectivity index (χ3v) is 7.46. The molecule has 2 aromatic rings. The summed E-state index contributed by atoms with van der Waals surface area (Å²) in [5.74, 6) is -1.88. The Balaban J connectivity index is 1.52. The standard InChI is InChI=1S/C23H26F2N2O4S/c1-2-32(29,30)26-15-13-27(10-11-31-14-15)23(28)19-12-18(19)16-6-3-4-7-17(16)22-20(24)8-5-9-21(22)25/h3-9,15,18-19,26H,2,10-14H2,1H3/t15-,18-,19+/m0/s1. The Morgan fingerprint density at radius 2 is 1.88 bits per heavy atom. The summed E-state index contributed by atoms with van der Waals surface area (Å²) in [7, 11) is -3.43. The minimum atomic E-state index is -3.43. The van der Waals surface area contributed by atoms with E-state index in [9.17, 15) is 22.0 Å². The summed E-state index contributed by atoms with van der Waals surface area (Å²) in [6.45, 7) is 2.67. The summed E-state index contributed by atoms with van der Waals surface area (Å²) in [5, 5.41) is 0. The minimum Gasteiger partial charge on any atom is -0.378 e. The Bertz CT molecular complexity index is 1090. The van der Waals surface area contributed by atoms with Gasteiger partial charge in [-0.05, 0) is 42.5 Å². The lowest BCUT2D eigenvalue weighted by Crippen LogP contribution is -2.47. The molecule has 172 valence electrons. The molecule has 6 nitrogen and oxygen atoms in total. The molecule has 1 saturated carbocycles. The molecule has 1 heterocycles. The fourth-order valence-corrected chi connectivity index (χ4v) is 5.09. The van der Waals surface area contributed by atoms with Crippen LogP contribution in [0.25, 0.3) is 11.1 Å². The zero-order chi connectivity index (χ0) is 22.9. The van der Waals surface area contributed by atoms with Gasteiger partial charge in [0.25, 0.3) is 0 Å². The maximum atomic E-state index is 14.4. The molecule has 0 spiro atoms. The molecule has 2 fully saturated rings. The molecule has 32 heavy (non-hydrogen) atoms. The predicted octanol–water partition coefficient (Wildman–Crippen LogP) is 2.90. The van der Waals surface area contributed by atoms with Crippen LogP contribution in [0, 0.1) is 17.6 Å². The molecular weight excluding hydrogens is 438 g/mol. The van der Waals surface area contributed by atoms with Crippen LogP contribution in [0.15, 0.2) is 42.5 Å². The molecule has 0 unspecified atom stereocenters. The number of hydrogen-bond acceptors (Lipinski definition) is 4. The van der Waals surface area contributed by atoms with Crippen LogP contribution in [0.2, 0.25) is 0 Å². The first-order valence-corrected chi connectivity index (χ1v) is 12.4. The second-order valence-corrected chi connectivity index (χ2v) is 10.3. The summed E-state index contributed by atoms with van der Waals surface area (Å²) in [6.07, 6.45) is 0.578. The first kappa shape index (κ1) is 22.8. The van der Waals surface area contributed by atoms with E-state index in [4.69, 9.17) is 4.74 Å². The van der Waals surface area contributed by atoms with E-state index in [2.05, 4.69) is 4.72 Å². The lowest BCUT2D eigenvalue weighted by Gasteiger charge is -2.24. The fourth-order valence-electron chi connectivity index (χ4n) is 4.27. The summed E-state index contributed by atoms with van der Waals surface area (Å²) < 4.78 is 60.8. The van der Waals surface area contributed by atoms with Gasteiger partial charge in [-0.25, -0.2) is 21.9 Å². The Kier molecular flexibility index (Phi) is 6.60. The largest absolute Gasteiger partial charge is 0.378 e. The van der Waals surface area contributed by atoms with Crippen molar-refractivity contribution in [3.63, 3.8) is 0 Å². The van der Waals surface area contributed by atoms with Crippen LogP contribution >= 0.6 is 0 Å². The van der Waals surface area contributed by atoms with Gasteiger partial charge in [0.15, 0.2) is 0 Å². The number of carbonyl (C=O) groups is 1. The summed E-state index contributed by atoms with van der Waals surface area (Å²) in [5.41, 5.74) is 1.11. The molecule has 1 amide bonds. The number of ether oxygens (including phenoxy) is 1. The van der Waals surface area contributed by atoms with Gasteiger partial charge in [-0.1, -0.05) is 30.3 Å². The third kappa shape index (κ3) is 4.84. The van der Waals surface area contributed by atoms with Crippen LogP contribution in [0.3, 0.4) is 0 Å². The van der Waals surface area contributed by atoms with E-state index in [0.717, 1.165) is 5.56 Å².